The van der Waals surface area contributed by atoms with Gasteiger partial charge in [0.15, 0.2) is 0 Å². The summed E-state index contributed by atoms with van der Waals surface area (Å²) in [6.45, 7) is 10.5. The lowest BCUT2D eigenvalue weighted by atomic mass is 10.2. The predicted molar refractivity (Wildman–Crippen MR) is 71.2 cm³/mol. The maximum absolute atomic E-state index is 5.51. The molecule has 0 saturated carbocycles. The zero-order valence-electron chi connectivity index (χ0n) is 10.8. The molecule has 0 spiro atoms. The zero-order valence-corrected chi connectivity index (χ0v) is 10.8. The first-order valence-corrected chi connectivity index (χ1v) is 6.15. The van der Waals surface area contributed by atoms with E-state index in [9.17, 15) is 0 Å². The third kappa shape index (κ3) is 6.07. The minimum Gasteiger partial charge on any atom is -0.477 e. The number of rotatable bonds is 8. The molecule has 0 aliphatic heterocycles. The van der Waals surface area contributed by atoms with Crippen molar-refractivity contribution in [2.24, 2.45) is 0 Å². The molecule has 0 unspecified atom stereocenters. The van der Waals surface area contributed by atoms with Crippen LogP contribution in [0.4, 0.5) is 0 Å². The summed E-state index contributed by atoms with van der Waals surface area (Å²) in [4.78, 5) is 4.26. The van der Waals surface area contributed by atoms with Crippen molar-refractivity contribution in [1.82, 2.24) is 10.3 Å². The highest BCUT2D eigenvalue weighted by molar-refractivity contribution is 5.17. The summed E-state index contributed by atoms with van der Waals surface area (Å²) in [5, 5.41) is 3.34. The normalized spacial score (nSPS) is 10.2. The van der Waals surface area contributed by atoms with E-state index in [-0.39, 0.29) is 0 Å². The molecule has 1 aromatic rings. The third-order valence-electron chi connectivity index (χ3n) is 2.33. The van der Waals surface area contributed by atoms with E-state index in [1.54, 1.807) is 0 Å². The van der Waals surface area contributed by atoms with E-state index >= 15 is 0 Å². The second-order valence-corrected chi connectivity index (χ2v) is 4.24. The summed E-state index contributed by atoms with van der Waals surface area (Å²) in [7, 11) is 0. The minimum atomic E-state index is 0.649. The largest absolute Gasteiger partial charge is 0.477 e. The quantitative estimate of drug-likeness (QED) is 0.554. The highest BCUT2D eigenvalue weighted by atomic mass is 16.5. The van der Waals surface area contributed by atoms with Crippen LogP contribution in [0.5, 0.6) is 5.88 Å². The first-order valence-electron chi connectivity index (χ1n) is 6.15. The van der Waals surface area contributed by atoms with E-state index in [4.69, 9.17) is 4.74 Å². The molecule has 0 bridgehead atoms. The Kier molecular flexibility index (Phi) is 6.33. The van der Waals surface area contributed by atoms with E-state index in [0.717, 1.165) is 31.5 Å². The molecular formula is C14H22N2O. The van der Waals surface area contributed by atoms with E-state index in [0.29, 0.717) is 12.5 Å². The first kappa shape index (κ1) is 13.7. The number of aromatic nitrogens is 1. The maximum Gasteiger partial charge on any atom is 0.213 e. The molecule has 0 saturated heterocycles. The van der Waals surface area contributed by atoms with Crippen LogP contribution in [-0.4, -0.2) is 18.1 Å². The first-order chi connectivity index (χ1) is 8.22. The van der Waals surface area contributed by atoms with Gasteiger partial charge in [-0.25, -0.2) is 4.98 Å². The van der Waals surface area contributed by atoms with Gasteiger partial charge in [0.2, 0.25) is 5.88 Å². The molecule has 1 rings (SSSR count). The molecule has 0 aliphatic rings. The fourth-order valence-electron chi connectivity index (χ4n) is 1.34. The van der Waals surface area contributed by atoms with Gasteiger partial charge in [0.1, 0.15) is 0 Å². The molecule has 0 radical (unpaired) electrons. The van der Waals surface area contributed by atoms with Gasteiger partial charge in [-0.05, 0) is 25.5 Å². The Morgan fingerprint density at radius 2 is 2.29 bits per heavy atom. The number of pyridine rings is 1. The lowest BCUT2D eigenvalue weighted by molar-refractivity contribution is 0.309. The molecule has 0 fully saturated rings. The molecule has 0 aromatic carbocycles. The van der Waals surface area contributed by atoms with E-state index in [2.05, 4.69) is 23.8 Å². The monoisotopic (exact) mass is 234 g/mol. The molecule has 0 aliphatic carbocycles. The lowest BCUT2D eigenvalue weighted by Crippen LogP contribution is -2.13. The standard InChI is InChI=1S/C14H22N2O/c1-4-8-15-10-13-5-6-14(16-11-13)17-9-7-12(2)3/h5-6,11,15H,2,4,7-10H2,1,3H3. The molecule has 1 N–H and O–H groups in total. The van der Waals surface area contributed by atoms with Gasteiger partial charge >= 0.3 is 0 Å². The third-order valence-corrected chi connectivity index (χ3v) is 2.33. The van der Waals surface area contributed by atoms with Crippen LogP contribution in [0.2, 0.25) is 0 Å². The molecular weight excluding hydrogens is 212 g/mol. The van der Waals surface area contributed by atoms with Gasteiger partial charge < -0.3 is 10.1 Å². The van der Waals surface area contributed by atoms with Crippen LogP contribution in [0.25, 0.3) is 0 Å². The summed E-state index contributed by atoms with van der Waals surface area (Å²) in [5.74, 6) is 0.686. The molecule has 0 amide bonds. The fourth-order valence-corrected chi connectivity index (χ4v) is 1.34. The van der Waals surface area contributed by atoms with Crippen molar-refractivity contribution in [2.75, 3.05) is 13.2 Å². The van der Waals surface area contributed by atoms with Crippen molar-refractivity contribution in [3.05, 3.63) is 36.0 Å². The molecule has 17 heavy (non-hydrogen) atoms. The van der Waals surface area contributed by atoms with Gasteiger partial charge in [-0.15, -0.1) is 6.58 Å². The Balaban J connectivity index is 2.31. The number of nitrogens with zero attached hydrogens (tertiary/aromatic N) is 1. The Morgan fingerprint density at radius 3 is 2.88 bits per heavy atom. The molecule has 3 heteroatoms. The van der Waals surface area contributed by atoms with E-state index in [1.165, 1.54) is 5.56 Å². The molecule has 1 aromatic heterocycles. The summed E-state index contributed by atoms with van der Waals surface area (Å²) >= 11 is 0. The zero-order chi connectivity index (χ0) is 12.5. The number of ether oxygens (including phenoxy) is 1. The Labute approximate surface area is 104 Å². The van der Waals surface area contributed by atoms with Crippen LogP contribution in [-0.2, 0) is 6.54 Å². The fraction of sp³-hybridized carbons (Fsp3) is 0.500. The smallest absolute Gasteiger partial charge is 0.213 e. The number of hydrogen-bond acceptors (Lipinski definition) is 3. The van der Waals surface area contributed by atoms with Gasteiger partial charge in [-0.2, -0.15) is 0 Å². The van der Waals surface area contributed by atoms with Gasteiger partial charge in [-0.3, -0.25) is 0 Å². The highest BCUT2D eigenvalue weighted by Crippen LogP contribution is 2.08. The molecule has 0 atom stereocenters. The number of nitrogens with one attached hydrogen (secondary N) is 1. The van der Waals surface area contributed by atoms with Crippen LogP contribution in [0, 0.1) is 0 Å². The Bertz CT molecular complexity index is 333. The number of hydrogen-bond donors (Lipinski definition) is 1. The van der Waals surface area contributed by atoms with Gasteiger partial charge in [-0.1, -0.05) is 18.6 Å². The molecule has 94 valence electrons. The van der Waals surface area contributed by atoms with Crippen molar-refractivity contribution >= 4 is 0 Å². The highest BCUT2D eigenvalue weighted by Gasteiger charge is 1.97. The van der Waals surface area contributed by atoms with Crippen molar-refractivity contribution in [3.8, 4) is 5.88 Å². The van der Waals surface area contributed by atoms with Gasteiger partial charge in [0.25, 0.3) is 0 Å². The van der Waals surface area contributed by atoms with Crippen molar-refractivity contribution in [1.29, 1.82) is 0 Å². The summed E-state index contributed by atoms with van der Waals surface area (Å²) in [6.07, 6.45) is 3.88. The van der Waals surface area contributed by atoms with Gasteiger partial charge in [0, 0.05) is 25.2 Å². The summed E-state index contributed by atoms with van der Waals surface area (Å²) in [5.41, 5.74) is 2.32. The van der Waals surface area contributed by atoms with E-state index in [1.807, 2.05) is 25.3 Å². The van der Waals surface area contributed by atoms with Crippen LogP contribution < -0.4 is 10.1 Å². The average molecular weight is 234 g/mol. The topological polar surface area (TPSA) is 34.1 Å². The van der Waals surface area contributed by atoms with Gasteiger partial charge in [0.05, 0.1) is 6.61 Å². The average Bonchev–Trinajstić information content (AvgIpc) is 2.31. The molecule has 3 nitrogen and oxygen atoms in total. The van der Waals surface area contributed by atoms with Crippen LogP contribution in [0.3, 0.4) is 0 Å². The molecule has 1 heterocycles. The maximum atomic E-state index is 5.51. The van der Waals surface area contributed by atoms with Crippen LogP contribution in [0.15, 0.2) is 30.5 Å². The van der Waals surface area contributed by atoms with Crippen molar-refractivity contribution in [2.45, 2.75) is 33.2 Å². The van der Waals surface area contributed by atoms with Crippen molar-refractivity contribution < 1.29 is 4.74 Å². The second kappa shape index (κ2) is 7.85. The summed E-state index contributed by atoms with van der Waals surface area (Å²) in [6, 6.07) is 3.97. The second-order valence-electron chi connectivity index (χ2n) is 4.24. The van der Waals surface area contributed by atoms with E-state index < -0.39 is 0 Å². The van der Waals surface area contributed by atoms with Crippen LogP contribution >= 0.6 is 0 Å². The van der Waals surface area contributed by atoms with Crippen LogP contribution in [0.1, 0.15) is 32.3 Å². The predicted octanol–water partition coefficient (Wildman–Crippen LogP) is 2.93. The minimum absolute atomic E-state index is 0.649. The van der Waals surface area contributed by atoms with Crippen molar-refractivity contribution in [3.63, 3.8) is 0 Å². The Hall–Kier alpha value is -1.35. The summed E-state index contributed by atoms with van der Waals surface area (Å²) < 4.78 is 5.51. The SMILES string of the molecule is C=C(C)CCOc1ccc(CNCCC)cn1. The lowest BCUT2D eigenvalue weighted by Gasteiger charge is -2.06. The Morgan fingerprint density at radius 1 is 1.47 bits per heavy atom.